The summed E-state index contributed by atoms with van der Waals surface area (Å²) in [4.78, 5) is 37.9. The molecule has 1 atom stereocenters. The summed E-state index contributed by atoms with van der Waals surface area (Å²) in [5.74, 6) is -0.906. The standard InChI is InChI=1S/C66H110O6/c1-4-7-10-13-16-18-20-22-24-25-26-27-28-29-30-31-32-33-34-35-36-37-38-39-40-41-42-44-45-47-50-53-56-59-65(68)71-62-63(61-70-64(67)58-55-52-49-15-12-9-6-3)72-66(69)60-57-54-51-48-46-43-23-21-19-17-14-11-8-5-2/h7,10,16,18,21-24,26-27,29-30,32-33,35-36,38-39,63H,4-6,8-9,11-15,17,19-20,25,28,31,34,37,40-62H2,1-3H3/b10-7-,18-16-,23-21-,24-22-,27-26-,30-29-,33-32-,36-35-,39-38-. The van der Waals surface area contributed by atoms with Crippen molar-refractivity contribution in [2.24, 2.45) is 0 Å². The van der Waals surface area contributed by atoms with Crippen LogP contribution in [0.4, 0.5) is 0 Å². The van der Waals surface area contributed by atoms with Crippen molar-refractivity contribution < 1.29 is 28.6 Å². The number of carbonyl (C=O) groups excluding carboxylic acids is 3. The van der Waals surface area contributed by atoms with Gasteiger partial charge in [0.25, 0.3) is 0 Å². The van der Waals surface area contributed by atoms with Gasteiger partial charge in [0.15, 0.2) is 6.10 Å². The van der Waals surface area contributed by atoms with E-state index in [1.54, 1.807) is 0 Å². The van der Waals surface area contributed by atoms with Crippen molar-refractivity contribution in [2.45, 2.75) is 277 Å². The van der Waals surface area contributed by atoms with Crippen LogP contribution in [0.1, 0.15) is 271 Å². The lowest BCUT2D eigenvalue weighted by molar-refractivity contribution is -0.167. The summed E-state index contributed by atoms with van der Waals surface area (Å²) in [5, 5.41) is 0. The number of rotatable bonds is 53. The summed E-state index contributed by atoms with van der Waals surface area (Å²) in [6, 6.07) is 0. The molecule has 0 saturated carbocycles. The number of hydrogen-bond acceptors (Lipinski definition) is 6. The Balaban J connectivity index is 4.13. The Morgan fingerprint density at radius 1 is 0.292 bits per heavy atom. The third-order valence-corrected chi connectivity index (χ3v) is 12.5. The fourth-order valence-corrected chi connectivity index (χ4v) is 8.04. The molecule has 0 fully saturated rings. The molecule has 0 amide bonds. The van der Waals surface area contributed by atoms with Gasteiger partial charge < -0.3 is 14.2 Å². The smallest absolute Gasteiger partial charge is 0.306 e. The second-order valence-electron chi connectivity index (χ2n) is 19.5. The maximum atomic E-state index is 12.8. The minimum atomic E-state index is -0.783. The maximum absolute atomic E-state index is 12.8. The van der Waals surface area contributed by atoms with Crippen molar-refractivity contribution >= 4 is 17.9 Å². The SMILES string of the molecule is CC/C=C\C/C=C\C/C=C\C/C=C\C/C=C\C/C=C\C/C=C\C/C=C\CCCCCCCCCCC(=O)OCC(COC(=O)CCCCCCCCC)OC(=O)CCCCCCC/C=C\CCCCCCC. The monoisotopic (exact) mass is 999 g/mol. The van der Waals surface area contributed by atoms with Crippen LogP contribution in [-0.2, 0) is 28.6 Å². The molecular formula is C66H110O6. The number of hydrogen-bond donors (Lipinski definition) is 0. The van der Waals surface area contributed by atoms with E-state index in [-0.39, 0.29) is 31.1 Å². The topological polar surface area (TPSA) is 78.9 Å². The Morgan fingerprint density at radius 2 is 0.542 bits per heavy atom. The van der Waals surface area contributed by atoms with E-state index in [1.165, 1.54) is 103 Å². The number of esters is 3. The van der Waals surface area contributed by atoms with Gasteiger partial charge in [-0.25, -0.2) is 0 Å². The molecule has 6 nitrogen and oxygen atoms in total. The van der Waals surface area contributed by atoms with E-state index in [0.29, 0.717) is 19.3 Å². The molecular weight excluding hydrogens is 889 g/mol. The van der Waals surface area contributed by atoms with Crippen LogP contribution in [0, 0.1) is 0 Å². The van der Waals surface area contributed by atoms with Gasteiger partial charge in [-0.05, 0) is 109 Å². The number of allylic oxidation sites excluding steroid dienone is 18. The number of carbonyl (C=O) groups is 3. The molecule has 0 bridgehead atoms. The minimum Gasteiger partial charge on any atom is -0.462 e. The summed E-state index contributed by atoms with van der Waals surface area (Å²) in [7, 11) is 0. The summed E-state index contributed by atoms with van der Waals surface area (Å²) < 4.78 is 16.8. The van der Waals surface area contributed by atoms with E-state index >= 15 is 0 Å². The molecule has 6 heteroatoms. The summed E-state index contributed by atoms with van der Waals surface area (Å²) in [6.45, 7) is 6.46. The van der Waals surface area contributed by atoms with Crippen LogP contribution in [-0.4, -0.2) is 37.2 Å². The molecule has 72 heavy (non-hydrogen) atoms. The highest BCUT2D eigenvalue weighted by Crippen LogP contribution is 2.14. The summed E-state index contributed by atoms with van der Waals surface area (Å²) >= 11 is 0. The second-order valence-corrected chi connectivity index (χ2v) is 19.5. The van der Waals surface area contributed by atoms with E-state index < -0.39 is 6.10 Å². The zero-order valence-corrected chi connectivity index (χ0v) is 46.9. The first-order chi connectivity index (χ1) is 35.5. The second kappa shape index (κ2) is 59.6. The molecule has 0 N–H and O–H groups in total. The quantitative estimate of drug-likeness (QED) is 0.0261. The van der Waals surface area contributed by atoms with Crippen molar-refractivity contribution in [3.05, 3.63) is 109 Å². The lowest BCUT2D eigenvalue weighted by Crippen LogP contribution is -2.30. The van der Waals surface area contributed by atoms with Gasteiger partial charge in [-0.1, -0.05) is 252 Å². The van der Waals surface area contributed by atoms with Gasteiger partial charge in [0, 0.05) is 19.3 Å². The lowest BCUT2D eigenvalue weighted by Gasteiger charge is -2.18. The average molecular weight is 1000 g/mol. The largest absolute Gasteiger partial charge is 0.462 e. The van der Waals surface area contributed by atoms with Crippen molar-refractivity contribution in [2.75, 3.05) is 13.2 Å². The van der Waals surface area contributed by atoms with Crippen molar-refractivity contribution in [1.29, 1.82) is 0 Å². The Kier molecular flexibility index (Phi) is 56.4. The third-order valence-electron chi connectivity index (χ3n) is 12.5. The van der Waals surface area contributed by atoms with E-state index in [2.05, 4.69) is 130 Å². The van der Waals surface area contributed by atoms with Crippen LogP contribution in [0.2, 0.25) is 0 Å². The third kappa shape index (κ3) is 57.0. The molecule has 1 unspecified atom stereocenters. The Labute approximate surface area is 444 Å². The van der Waals surface area contributed by atoms with Gasteiger partial charge in [0.1, 0.15) is 13.2 Å². The van der Waals surface area contributed by atoms with Crippen molar-refractivity contribution in [1.82, 2.24) is 0 Å². The first-order valence-electron chi connectivity index (χ1n) is 29.9. The first-order valence-corrected chi connectivity index (χ1v) is 29.9. The number of ether oxygens (including phenoxy) is 3. The lowest BCUT2D eigenvalue weighted by atomic mass is 10.1. The molecule has 0 radical (unpaired) electrons. The maximum Gasteiger partial charge on any atom is 0.306 e. The van der Waals surface area contributed by atoms with Crippen molar-refractivity contribution in [3.8, 4) is 0 Å². The van der Waals surface area contributed by atoms with Gasteiger partial charge >= 0.3 is 17.9 Å². The molecule has 0 aromatic heterocycles. The van der Waals surface area contributed by atoms with E-state index in [4.69, 9.17) is 14.2 Å². The predicted octanol–water partition coefficient (Wildman–Crippen LogP) is 20.3. The highest BCUT2D eigenvalue weighted by Gasteiger charge is 2.19. The number of unbranched alkanes of at least 4 members (excludes halogenated alkanes) is 24. The molecule has 0 aliphatic rings. The molecule has 0 rings (SSSR count). The molecule has 0 aromatic carbocycles. The van der Waals surface area contributed by atoms with Gasteiger partial charge in [0.05, 0.1) is 0 Å². The zero-order valence-electron chi connectivity index (χ0n) is 46.9. The fraction of sp³-hybridized carbons (Fsp3) is 0.682. The Hall–Kier alpha value is -3.93. The molecule has 0 saturated heterocycles. The minimum absolute atomic E-state index is 0.0828. The first kappa shape index (κ1) is 68.1. The van der Waals surface area contributed by atoms with Crippen LogP contribution >= 0.6 is 0 Å². The van der Waals surface area contributed by atoms with E-state index in [0.717, 1.165) is 128 Å². The highest BCUT2D eigenvalue weighted by molar-refractivity contribution is 5.71. The summed E-state index contributed by atoms with van der Waals surface area (Å²) in [6.07, 6.45) is 81.1. The Morgan fingerprint density at radius 3 is 0.861 bits per heavy atom. The fourth-order valence-electron chi connectivity index (χ4n) is 8.04. The molecule has 0 aliphatic carbocycles. The predicted molar refractivity (Wildman–Crippen MR) is 311 cm³/mol. The highest BCUT2D eigenvalue weighted by atomic mass is 16.6. The molecule has 410 valence electrons. The van der Waals surface area contributed by atoms with Crippen LogP contribution < -0.4 is 0 Å². The molecule has 0 aromatic rings. The van der Waals surface area contributed by atoms with Crippen LogP contribution in [0.3, 0.4) is 0 Å². The normalized spacial score (nSPS) is 12.9. The van der Waals surface area contributed by atoms with Crippen molar-refractivity contribution in [3.63, 3.8) is 0 Å². The molecule has 0 spiro atoms. The summed E-state index contributed by atoms with van der Waals surface area (Å²) in [5.41, 5.74) is 0. The van der Waals surface area contributed by atoms with Gasteiger partial charge in [0.2, 0.25) is 0 Å². The molecule has 0 heterocycles. The van der Waals surface area contributed by atoms with Gasteiger partial charge in [-0.15, -0.1) is 0 Å². The van der Waals surface area contributed by atoms with Gasteiger partial charge in [-0.2, -0.15) is 0 Å². The van der Waals surface area contributed by atoms with Gasteiger partial charge in [-0.3, -0.25) is 14.4 Å². The zero-order chi connectivity index (χ0) is 52.2. The van der Waals surface area contributed by atoms with Crippen LogP contribution in [0.15, 0.2) is 109 Å². The average Bonchev–Trinajstić information content (AvgIpc) is 3.38. The van der Waals surface area contributed by atoms with Crippen LogP contribution in [0.5, 0.6) is 0 Å². The van der Waals surface area contributed by atoms with Crippen LogP contribution in [0.25, 0.3) is 0 Å². The Bertz CT molecular complexity index is 1470. The van der Waals surface area contributed by atoms with E-state index in [9.17, 15) is 14.4 Å². The van der Waals surface area contributed by atoms with E-state index in [1.807, 2.05) is 0 Å². The molecule has 0 aliphatic heterocycles.